The molecule has 3 rings (SSSR count). The van der Waals surface area contributed by atoms with Gasteiger partial charge in [0.2, 0.25) is 5.91 Å². The van der Waals surface area contributed by atoms with Crippen LogP contribution in [-0.4, -0.2) is 16.9 Å². The molecule has 2 aromatic heterocycles. The van der Waals surface area contributed by atoms with E-state index in [1.165, 1.54) is 29.6 Å². The van der Waals surface area contributed by atoms with Gasteiger partial charge in [0.05, 0.1) is 11.4 Å². The minimum absolute atomic E-state index is 0.0751. The minimum Gasteiger partial charge on any atom is -0.455 e. The van der Waals surface area contributed by atoms with E-state index >= 15 is 0 Å². The van der Waals surface area contributed by atoms with Crippen molar-refractivity contribution in [2.45, 2.75) is 27.4 Å². The number of aromatic nitrogens is 1. The number of anilines is 2. The molecule has 0 aliphatic carbocycles. The third-order valence-corrected chi connectivity index (χ3v) is 5.51. The number of rotatable bonds is 5. The van der Waals surface area contributed by atoms with Gasteiger partial charge in [0.25, 0.3) is 0 Å². The second-order valence-electron chi connectivity index (χ2n) is 5.77. The molecular weight excluding hydrogens is 368 g/mol. The third kappa shape index (κ3) is 3.84. The summed E-state index contributed by atoms with van der Waals surface area (Å²) in [5, 5.41) is 4.20. The van der Waals surface area contributed by atoms with Crippen molar-refractivity contribution in [2.24, 2.45) is 0 Å². The Kier molecular flexibility index (Phi) is 5.49. The zero-order valence-corrected chi connectivity index (χ0v) is 16.3. The molecule has 26 heavy (non-hydrogen) atoms. The van der Waals surface area contributed by atoms with E-state index in [-0.39, 0.29) is 18.5 Å². The number of nitrogens with zero attached hydrogens (tertiary/aromatic N) is 2. The zero-order chi connectivity index (χ0) is 18.7. The molecule has 1 aromatic carbocycles. The summed E-state index contributed by atoms with van der Waals surface area (Å²) >= 11 is 2.69. The monoisotopic (exact) mass is 386 g/mol. The predicted molar refractivity (Wildman–Crippen MR) is 104 cm³/mol. The van der Waals surface area contributed by atoms with Gasteiger partial charge in [-0.2, -0.15) is 0 Å². The summed E-state index contributed by atoms with van der Waals surface area (Å²) in [7, 11) is 0. The quantitative estimate of drug-likeness (QED) is 0.587. The van der Waals surface area contributed by atoms with Crippen LogP contribution in [0, 0.1) is 13.8 Å². The van der Waals surface area contributed by atoms with E-state index in [1.807, 2.05) is 37.4 Å². The third-order valence-electron chi connectivity index (χ3n) is 3.78. The molecule has 0 saturated heterocycles. The van der Waals surface area contributed by atoms with Gasteiger partial charge in [0, 0.05) is 12.3 Å². The Bertz CT molecular complexity index is 912. The molecule has 3 aromatic rings. The van der Waals surface area contributed by atoms with E-state index in [1.54, 1.807) is 22.4 Å². The summed E-state index contributed by atoms with van der Waals surface area (Å²) in [6.07, 6.45) is 0. The maximum Gasteiger partial charge on any atom is 0.348 e. The van der Waals surface area contributed by atoms with Crippen molar-refractivity contribution >= 4 is 45.4 Å². The number of thiazole rings is 1. The van der Waals surface area contributed by atoms with Crippen LogP contribution < -0.4 is 4.90 Å². The molecule has 0 aliphatic heterocycles. The molecule has 0 aliphatic rings. The van der Waals surface area contributed by atoms with Gasteiger partial charge in [0.1, 0.15) is 11.5 Å². The van der Waals surface area contributed by atoms with Gasteiger partial charge in [0.15, 0.2) is 5.13 Å². The number of aryl methyl sites for hydroxylation is 2. The number of hydrogen-bond acceptors (Lipinski definition) is 6. The highest BCUT2D eigenvalue weighted by Crippen LogP contribution is 2.33. The summed E-state index contributed by atoms with van der Waals surface area (Å²) in [5.74, 6) is -0.480. The molecule has 0 atom stereocenters. The number of carbonyl (C=O) groups excluding carboxylic acids is 2. The van der Waals surface area contributed by atoms with Crippen LogP contribution in [0.25, 0.3) is 0 Å². The van der Waals surface area contributed by atoms with Gasteiger partial charge in [-0.3, -0.25) is 9.69 Å². The lowest BCUT2D eigenvalue weighted by atomic mass is 10.1. The molecule has 0 spiro atoms. The van der Waals surface area contributed by atoms with E-state index < -0.39 is 0 Å². The van der Waals surface area contributed by atoms with Crippen molar-refractivity contribution < 1.29 is 14.3 Å². The van der Waals surface area contributed by atoms with Gasteiger partial charge in [-0.25, -0.2) is 9.78 Å². The van der Waals surface area contributed by atoms with Gasteiger partial charge < -0.3 is 4.74 Å². The maximum atomic E-state index is 12.3. The van der Waals surface area contributed by atoms with Crippen molar-refractivity contribution in [3.05, 3.63) is 62.8 Å². The standard InChI is InChI=1S/C19H18N2O3S2/c1-12-6-4-7-13(2)17(12)21(14(3)22)19-20-15(11-26-19)10-24-18(23)16-8-5-9-25-16/h4-9,11H,10H2,1-3H3. The van der Waals surface area contributed by atoms with Crippen LogP contribution in [0.2, 0.25) is 0 Å². The lowest BCUT2D eigenvalue weighted by molar-refractivity contribution is -0.115. The molecule has 0 radical (unpaired) electrons. The molecular formula is C19H18N2O3S2. The molecule has 134 valence electrons. The van der Waals surface area contributed by atoms with Gasteiger partial charge >= 0.3 is 5.97 Å². The number of benzene rings is 1. The maximum absolute atomic E-state index is 12.3. The molecule has 7 heteroatoms. The summed E-state index contributed by atoms with van der Waals surface area (Å²) < 4.78 is 5.29. The Morgan fingerprint density at radius 2 is 1.85 bits per heavy atom. The first-order valence-corrected chi connectivity index (χ1v) is 9.75. The molecule has 0 saturated carbocycles. The lowest BCUT2D eigenvalue weighted by Crippen LogP contribution is -2.24. The van der Waals surface area contributed by atoms with Crippen LogP contribution >= 0.6 is 22.7 Å². The number of thiophene rings is 1. The zero-order valence-electron chi connectivity index (χ0n) is 14.7. The van der Waals surface area contributed by atoms with Crippen molar-refractivity contribution in [1.29, 1.82) is 0 Å². The fourth-order valence-electron chi connectivity index (χ4n) is 2.62. The van der Waals surface area contributed by atoms with Crippen LogP contribution in [0.1, 0.15) is 33.4 Å². The van der Waals surface area contributed by atoms with E-state index in [2.05, 4.69) is 4.98 Å². The van der Waals surface area contributed by atoms with Gasteiger partial charge in [-0.15, -0.1) is 22.7 Å². The molecule has 0 bridgehead atoms. The Morgan fingerprint density at radius 3 is 2.46 bits per heavy atom. The first-order valence-electron chi connectivity index (χ1n) is 7.99. The average Bonchev–Trinajstić information content (AvgIpc) is 3.27. The number of para-hydroxylation sites is 1. The highest BCUT2D eigenvalue weighted by molar-refractivity contribution is 7.14. The molecule has 0 unspecified atom stereocenters. The molecule has 5 nitrogen and oxygen atoms in total. The number of esters is 1. The molecule has 2 heterocycles. The van der Waals surface area contributed by atoms with Gasteiger partial charge in [-0.05, 0) is 36.4 Å². The predicted octanol–water partition coefficient (Wildman–Crippen LogP) is 4.86. The largest absolute Gasteiger partial charge is 0.455 e. The molecule has 1 amide bonds. The summed E-state index contributed by atoms with van der Waals surface area (Å²) in [5.41, 5.74) is 3.46. The minimum atomic E-state index is -0.368. The number of hydrogen-bond donors (Lipinski definition) is 0. The lowest BCUT2D eigenvalue weighted by Gasteiger charge is -2.22. The summed E-state index contributed by atoms with van der Waals surface area (Å²) in [4.78, 5) is 30.9. The van der Waals surface area contributed by atoms with E-state index in [4.69, 9.17) is 4.74 Å². The van der Waals surface area contributed by atoms with Crippen molar-refractivity contribution in [3.8, 4) is 0 Å². The fraction of sp³-hybridized carbons (Fsp3) is 0.211. The first kappa shape index (κ1) is 18.3. The van der Waals surface area contributed by atoms with E-state index in [9.17, 15) is 9.59 Å². The highest BCUT2D eigenvalue weighted by atomic mass is 32.1. The fourth-order valence-corrected chi connectivity index (χ4v) is 4.09. The topological polar surface area (TPSA) is 59.5 Å². The number of ether oxygens (including phenoxy) is 1. The second kappa shape index (κ2) is 7.80. The average molecular weight is 386 g/mol. The number of amides is 1. The highest BCUT2D eigenvalue weighted by Gasteiger charge is 2.21. The van der Waals surface area contributed by atoms with Crippen LogP contribution in [0.3, 0.4) is 0 Å². The van der Waals surface area contributed by atoms with Crippen LogP contribution in [-0.2, 0) is 16.1 Å². The van der Waals surface area contributed by atoms with E-state index in [0.29, 0.717) is 15.7 Å². The summed E-state index contributed by atoms with van der Waals surface area (Å²) in [6.45, 7) is 5.53. The molecule has 0 fully saturated rings. The van der Waals surface area contributed by atoms with Gasteiger partial charge in [-0.1, -0.05) is 24.3 Å². The van der Waals surface area contributed by atoms with Crippen molar-refractivity contribution in [1.82, 2.24) is 4.98 Å². The van der Waals surface area contributed by atoms with Crippen LogP contribution in [0.15, 0.2) is 41.1 Å². The Hall–Kier alpha value is -2.51. The van der Waals surface area contributed by atoms with Crippen molar-refractivity contribution in [2.75, 3.05) is 4.90 Å². The summed E-state index contributed by atoms with van der Waals surface area (Å²) in [6, 6.07) is 9.42. The van der Waals surface area contributed by atoms with Crippen molar-refractivity contribution in [3.63, 3.8) is 0 Å². The SMILES string of the molecule is CC(=O)N(c1nc(COC(=O)c2cccs2)cs1)c1c(C)cccc1C. The normalized spacial score (nSPS) is 10.6. The Morgan fingerprint density at radius 1 is 1.12 bits per heavy atom. The van der Waals surface area contributed by atoms with E-state index in [0.717, 1.165) is 16.8 Å². The Labute approximate surface area is 159 Å². The number of carbonyl (C=O) groups is 2. The Balaban J connectivity index is 1.80. The first-order chi connectivity index (χ1) is 12.5. The molecule has 0 N–H and O–H groups in total. The van der Waals surface area contributed by atoms with Crippen LogP contribution in [0.5, 0.6) is 0 Å². The van der Waals surface area contributed by atoms with Crippen LogP contribution in [0.4, 0.5) is 10.8 Å². The smallest absolute Gasteiger partial charge is 0.348 e. The second-order valence-corrected chi connectivity index (χ2v) is 7.55.